The Kier molecular flexibility index (Phi) is 16.3. The highest BCUT2D eigenvalue weighted by Crippen LogP contribution is 2.36. The molecule has 1 aliphatic rings. The number of nitrogens with one attached hydrogen (secondary N) is 1. The van der Waals surface area contributed by atoms with E-state index in [2.05, 4.69) is 14.6 Å². The van der Waals surface area contributed by atoms with Crippen molar-refractivity contribution < 1.29 is 54.6 Å². The maximum atomic E-state index is 10.4. The van der Waals surface area contributed by atoms with Gasteiger partial charge in [0.05, 0.1) is 12.7 Å². The monoisotopic (exact) mass is 527 g/mol. The first-order chi connectivity index (χ1) is 13.8. The summed E-state index contributed by atoms with van der Waals surface area (Å²) in [6, 6.07) is 7.73. The van der Waals surface area contributed by atoms with Crippen molar-refractivity contribution in [3.8, 4) is 0 Å². The maximum absolute atomic E-state index is 10.4. The summed E-state index contributed by atoms with van der Waals surface area (Å²) >= 11 is 5.95. The van der Waals surface area contributed by atoms with Gasteiger partial charge in [0.25, 0.3) is 0 Å². The molecule has 0 bridgehead atoms. The molecule has 1 aliphatic heterocycles. The Morgan fingerprint density at radius 3 is 2.19 bits per heavy atom. The molecule has 0 aromatic heterocycles. The SMILES string of the molecule is CC(C)NCC(O)c1ccccc1Cl.Cl.O.O=P(O)(O)OC[C@H]1O[C@H](O)[C@H](O)[C@@H](O)[C@@H]1O. The Hall–Kier alpha value is -0.410. The molecule has 32 heavy (non-hydrogen) atoms. The summed E-state index contributed by atoms with van der Waals surface area (Å²) < 4.78 is 19.0. The van der Waals surface area contributed by atoms with Crippen molar-refractivity contribution in [3.05, 3.63) is 34.9 Å². The van der Waals surface area contributed by atoms with Gasteiger partial charge in [-0.25, -0.2) is 4.57 Å². The van der Waals surface area contributed by atoms with Crippen molar-refractivity contribution in [2.24, 2.45) is 0 Å². The van der Waals surface area contributed by atoms with E-state index in [1.807, 2.05) is 32.0 Å². The van der Waals surface area contributed by atoms with Crippen LogP contribution >= 0.6 is 31.8 Å². The fourth-order valence-electron chi connectivity index (χ4n) is 2.44. The Morgan fingerprint density at radius 1 is 1.12 bits per heavy atom. The second-order valence-corrected chi connectivity index (χ2v) is 8.57. The van der Waals surface area contributed by atoms with Gasteiger partial charge in [-0.15, -0.1) is 12.4 Å². The van der Waals surface area contributed by atoms with Crippen LogP contribution in [0.2, 0.25) is 5.02 Å². The lowest BCUT2D eigenvalue weighted by molar-refractivity contribution is -0.285. The predicted octanol–water partition coefficient (Wildman–Crippen LogP) is -1.14. The first-order valence-corrected chi connectivity index (χ1v) is 11.0. The minimum atomic E-state index is -4.73. The molecule has 0 amide bonds. The highest BCUT2D eigenvalue weighted by Gasteiger charge is 2.43. The molecule has 190 valence electrons. The first-order valence-electron chi connectivity index (χ1n) is 9.07. The molecule has 6 atom stereocenters. The van der Waals surface area contributed by atoms with Crippen LogP contribution in [-0.4, -0.2) is 90.7 Å². The largest absolute Gasteiger partial charge is 0.469 e. The predicted molar refractivity (Wildman–Crippen MR) is 117 cm³/mol. The summed E-state index contributed by atoms with van der Waals surface area (Å²) in [5.74, 6) is 0. The Bertz CT molecular complexity index is 696. The number of ether oxygens (including phenoxy) is 1. The van der Waals surface area contributed by atoms with E-state index in [9.17, 15) is 19.9 Å². The average Bonchev–Trinajstić information content (AvgIpc) is 2.66. The molecule has 2 rings (SSSR count). The van der Waals surface area contributed by atoms with E-state index in [1.54, 1.807) is 6.07 Å². The summed E-state index contributed by atoms with van der Waals surface area (Å²) in [4.78, 5) is 16.8. The zero-order chi connectivity index (χ0) is 23.1. The van der Waals surface area contributed by atoms with Crippen molar-refractivity contribution in [2.45, 2.75) is 56.7 Å². The average molecular weight is 528 g/mol. The molecule has 1 unspecified atom stereocenters. The molecule has 1 aromatic rings. The van der Waals surface area contributed by atoms with Crippen LogP contribution in [0.1, 0.15) is 25.5 Å². The summed E-state index contributed by atoms with van der Waals surface area (Å²) in [5, 5.41) is 50.3. The van der Waals surface area contributed by atoms with Gasteiger partial charge >= 0.3 is 7.82 Å². The summed E-state index contributed by atoms with van der Waals surface area (Å²) in [5.41, 5.74) is 0.780. The first kappa shape index (κ1) is 33.8. The van der Waals surface area contributed by atoms with Crippen molar-refractivity contribution in [2.75, 3.05) is 13.2 Å². The second kappa shape index (κ2) is 15.5. The van der Waals surface area contributed by atoms with Gasteiger partial charge in [-0.2, -0.15) is 0 Å². The molecule has 1 saturated heterocycles. The van der Waals surface area contributed by atoms with Crippen LogP contribution in [0, 0.1) is 0 Å². The molecule has 0 saturated carbocycles. The number of aliphatic hydroxyl groups is 5. The third kappa shape index (κ3) is 11.6. The third-order valence-corrected chi connectivity index (χ3v) is 4.91. The zero-order valence-electron chi connectivity index (χ0n) is 17.4. The van der Waals surface area contributed by atoms with Crippen molar-refractivity contribution in [1.82, 2.24) is 5.32 Å². The topological polar surface area (TPSA) is 221 Å². The molecule has 0 radical (unpaired) electrons. The van der Waals surface area contributed by atoms with Gasteiger partial charge in [0.1, 0.15) is 24.4 Å². The Morgan fingerprint density at radius 2 is 1.69 bits per heavy atom. The normalized spacial score (nSPS) is 26.3. The third-order valence-electron chi connectivity index (χ3n) is 4.08. The number of halogens is 2. The van der Waals surface area contributed by atoms with Gasteiger partial charge in [0, 0.05) is 23.2 Å². The van der Waals surface area contributed by atoms with E-state index in [-0.39, 0.29) is 17.9 Å². The van der Waals surface area contributed by atoms with E-state index in [0.29, 0.717) is 17.6 Å². The highest BCUT2D eigenvalue weighted by molar-refractivity contribution is 7.46. The van der Waals surface area contributed by atoms with Gasteiger partial charge in [-0.1, -0.05) is 43.6 Å². The van der Waals surface area contributed by atoms with Gasteiger partial charge in [-0.3, -0.25) is 4.52 Å². The molecule has 1 heterocycles. The molecular weight excluding hydrogens is 496 g/mol. The van der Waals surface area contributed by atoms with Crippen LogP contribution in [0.4, 0.5) is 0 Å². The number of rotatable bonds is 7. The van der Waals surface area contributed by atoms with Gasteiger partial charge in [0.2, 0.25) is 0 Å². The number of hydrogen-bond donors (Lipinski definition) is 8. The smallest absolute Gasteiger partial charge is 0.412 e. The van der Waals surface area contributed by atoms with Gasteiger partial charge < -0.3 is 50.8 Å². The molecule has 1 aromatic carbocycles. The summed E-state index contributed by atoms with van der Waals surface area (Å²) in [6.45, 7) is 3.88. The molecule has 0 aliphatic carbocycles. The van der Waals surface area contributed by atoms with Crippen LogP contribution in [0.3, 0.4) is 0 Å². The van der Waals surface area contributed by atoms with E-state index in [4.69, 9.17) is 31.6 Å². The van der Waals surface area contributed by atoms with E-state index in [1.165, 1.54) is 0 Å². The van der Waals surface area contributed by atoms with Crippen LogP contribution in [-0.2, 0) is 13.8 Å². The lowest BCUT2D eigenvalue weighted by atomic mass is 10.00. The number of aliphatic hydroxyl groups excluding tert-OH is 5. The van der Waals surface area contributed by atoms with E-state index in [0.717, 1.165) is 5.56 Å². The Labute approximate surface area is 196 Å². The lowest BCUT2D eigenvalue weighted by Gasteiger charge is -2.38. The number of phosphoric acid groups is 1. The Balaban J connectivity index is 0. The van der Waals surface area contributed by atoms with Crippen LogP contribution < -0.4 is 5.32 Å². The molecule has 10 N–H and O–H groups in total. The summed E-state index contributed by atoms with van der Waals surface area (Å²) in [6.07, 6.45) is -8.64. The minimum Gasteiger partial charge on any atom is -0.412 e. The quantitative estimate of drug-likeness (QED) is 0.198. The van der Waals surface area contributed by atoms with Gasteiger partial charge in [-0.05, 0) is 6.07 Å². The van der Waals surface area contributed by atoms with E-state index >= 15 is 0 Å². The highest BCUT2D eigenvalue weighted by atomic mass is 35.5. The molecular formula is C17H32Cl2NO11P. The van der Waals surface area contributed by atoms with Crippen molar-refractivity contribution >= 4 is 31.8 Å². The van der Waals surface area contributed by atoms with Crippen LogP contribution in [0.15, 0.2) is 24.3 Å². The molecule has 1 fully saturated rings. The number of hydrogen-bond acceptors (Lipinski definition) is 9. The van der Waals surface area contributed by atoms with Crippen molar-refractivity contribution in [3.63, 3.8) is 0 Å². The van der Waals surface area contributed by atoms with Gasteiger partial charge in [0.15, 0.2) is 6.29 Å². The summed E-state index contributed by atoms with van der Waals surface area (Å²) in [7, 11) is -4.73. The van der Waals surface area contributed by atoms with Crippen molar-refractivity contribution in [1.29, 1.82) is 0 Å². The molecule has 15 heteroatoms. The maximum Gasteiger partial charge on any atom is 0.469 e. The zero-order valence-corrected chi connectivity index (χ0v) is 19.8. The molecule has 12 nitrogen and oxygen atoms in total. The van der Waals surface area contributed by atoms with Crippen LogP contribution in [0.25, 0.3) is 0 Å². The number of phosphoric ester groups is 1. The fraction of sp³-hybridized carbons (Fsp3) is 0.647. The second-order valence-electron chi connectivity index (χ2n) is 6.92. The minimum absolute atomic E-state index is 0. The lowest BCUT2D eigenvalue weighted by Crippen LogP contribution is -2.58. The van der Waals surface area contributed by atoms with E-state index < -0.39 is 51.2 Å². The molecule has 0 spiro atoms. The number of benzene rings is 1. The fourth-order valence-corrected chi connectivity index (χ4v) is 3.04. The standard InChI is InChI=1S/C11H16ClNO.C6H13O9P.ClH.H2O/c1-8(2)13-7-11(14)9-5-3-4-6-10(9)12;7-3-2(1-14-16(11,12)13)15-6(10)5(9)4(3)8;;/h3-6,8,11,13-14H,7H2,1-2H3;2-10H,1H2,(H2,11,12,13);1H;1H2/t;2-,3-,4+,5-,6+;;/m.1../s1. The van der Waals surface area contributed by atoms with Crippen LogP contribution in [0.5, 0.6) is 0 Å².